The Morgan fingerprint density at radius 3 is 1.50 bits per heavy atom. The molecular weight excluding hydrogens is 320 g/mol. The molecule has 0 aliphatic heterocycles. The Morgan fingerprint density at radius 2 is 1.04 bits per heavy atom. The van der Waals surface area contributed by atoms with Gasteiger partial charge >= 0.3 is 5.97 Å². The van der Waals surface area contributed by atoms with E-state index in [2.05, 4.69) is 37.3 Å². The molecule has 0 aliphatic carbocycles. The van der Waals surface area contributed by atoms with Gasteiger partial charge in [0, 0.05) is 6.42 Å². The maximum atomic E-state index is 10.4. The van der Waals surface area contributed by atoms with Gasteiger partial charge in [0.05, 0.1) is 0 Å². The van der Waals surface area contributed by atoms with E-state index < -0.39 is 5.97 Å². The molecule has 0 aliphatic rings. The zero-order chi connectivity index (χ0) is 19.1. The van der Waals surface area contributed by atoms with E-state index >= 15 is 0 Å². The van der Waals surface area contributed by atoms with Gasteiger partial charge < -0.3 is 5.11 Å². The highest BCUT2D eigenvalue weighted by atomic mass is 16.4. The van der Waals surface area contributed by atoms with Crippen LogP contribution in [0.15, 0.2) is 72.9 Å². The van der Waals surface area contributed by atoms with Crippen LogP contribution in [-0.4, -0.2) is 11.1 Å². The maximum Gasteiger partial charge on any atom is 0.303 e. The van der Waals surface area contributed by atoms with Crippen molar-refractivity contribution in [2.24, 2.45) is 0 Å². The first-order valence-corrected chi connectivity index (χ1v) is 9.97. The van der Waals surface area contributed by atoms with Gasteiger partial charge in [-0.3, -0.25) is 4.79 Å². The summed E-state index contributed by atoms with van der Waals surface area (Å²) in [5.41, 5.74) is 0. The zero-order valence-corrected chi connectivity index (χ0v) is 16.4. The lowest BCUT2D eigenvalue weighted by atomic mass is 10.1. The number of carboxylic acids is 1. The molecule has 0 saturated carbocycles. The minimum atomic E-state index is -0.691. The topological polar surface area (TPSA) is 37.3 Å². The molecule has 1 N–H and O–H groups in total. The minimum Gasteiger partial charge on any atom is -0.481 e. The van der Waals surface area contributed by atoms with E-state index in [1.54, 1.807) is 0 Å². The SMILES string of the molecule is CCCCC/C=C/C=C/C=C/C=C/C=C/C=C\CCCCCCC(=O)O. The van der Waals surface area contributed by atoms with Gasteiger partial charge in [0.25, 0.3) is 0 Å². The van der Waals surface area contributed by atoms with Crippen molar-refractivity contribution in [3.63, 3.8) is 0 Å². The molecule has 0 bridgehead atoms. The van der Waals surface area contributed by atoms with E-state index in [0.29, 0.717) is 6.42 Å². The summed E-state index contributed by atoms with van der Waals surface area (Å²) >= 11 is 0. The smallest absolute Gasteiger partial charge is 0.303 e. The Labute approximate surface area is 160 Å². The number of aliphatic carboxylic acids is 1. The summed E-state index contributed by atoms with van der Waals surface area (Å²) in [6.07, 6.45) is 35.2. The summed E-state index contributed by atoms with van der Waals surface area (Å²) in [6.45, 7) is 2.23. The molecule has 0 aromatic rings. The number of carboxylic acid groups (broad SMARTS) is 1. The summed E-state index contributed by atoms with van der Waals surface area (Å²) in [4.78, 5) is 10.4. The molecule has 2 nitrogen and oxygen atoms in total. The lowest BCUT2D eigenvalue weighted by molar-refractivity contribution is -0.137. The normalized spacial score (nSPS) is 13.0. The van der Waals surface area contributed by atoms with Gasteiger partial charge in [-0.25, -0.2) is 0 Å². The summed E-state index contributed by atoms with van der Waals surface area (Å²) in [6, 6.07) is 0. The van der Waals surface area contributed by atoms with Crippen LogP contribution in [-0.2, 0) is 4.79 Å². The van der Waals surface area contributed by atoms with E-state index in [1.807, 2.05) is 42.5 Å². The average Bonchev–Trinajstić information content (AvgIpc) is 2.62. The molecule has 0 rings (SSSR count). The van der Waals surface area contributed by atoms with Crippen LogP contribution >= 0.6 is 0 Å². The highest BCUT2D eigenvalue weighted by Gasteiger charge is 1.95. The second kappa shape index (κ2) is 21.0. The Kier molecular flexibility index (Phi) is 19.3. The van der Waals surface area contributed by atoms with Gasteiger partial charge in [0.2, 0.25) is 0 Å². The van der Waals surface area contributed by atoms with Crippen molar-refractivity contribution in [3.05, 3.63) is 72.9 Å². The fraction of sp³-hybridized carbons (Fsp3) is 0.458. The molecule has 0 spiro atoms. The molecule has 0 fully saturated rings. The maximum absolute atomic E-state index is 10.4. The van der Waals surface area contributed by atoms with Crippen molar-refractivity contribution in [1.82, 2.24) is 0 Å². The van der Waals surface area contributed by atoms with Crippen LogP contribution in [0.1, 0.15) is 71.1 Å². The first-order valence-electron chi connectivity index (χ1n) is 9.97. The van der Waals surface area contributed by atoms with Crippen LogP contribution in [0, 0.1) is 0 Å². The van der Waals surface area contributed by atoms with E-state index in [-0.39, 0.29) is 0 Å². The molecule has 0 amide bonds. The van der Waals surface area contributed by atoms with Crippen molar-refractivity contribution >= 4 is 5.97 Å². The number of rotatable bonds is 16. The summed E-state index contributed by atoms with van der Waals surface area (Å²) in [5.74, 6) is -0.691. The molecule has 2 heteroatoms. The fourth-order valence-corrected chi connectivity index (χ4v) is 2.27. The largest absolute Gasteiger partial charge is 0.481 e. The number of allylic oxidation sites excluding steroid dienone is 12. The van der Waals surface area contributed by atoms with Crippen LogP contribution in [0.3, 0.4) is 0 Å². The fourth-order valence-electron chi connectivity index (χ4n) is 2.27. The van der Waals surface area contributed by atoms with Gasteiger partial charge in [-0.15, -0.1) is 0 Å². The molecule has 0 saturated heterocycles. The van der Waals surface area contributed by atoms with Crippen LogP contribution in [0.5, 0.6) is 0 Å². The zero-order valence-electron chi connectivity index (χ0n) is 16.4. The van der Waals surface area contributed by atoms with E-state index in [9.17, 15) is 4.79 Å². The molecular formula is C24H36O2. The molecule has 0 unspecified atom stereocenters. The first-order chi connectivity index (χ1) is 12.8. The van der Waals surface area contributed by atoms with E-state index in [1.165, 1.54) is 25.7 Å². The Balaban J connectivity index is 3.58. The molecule has 0 radical (unpaired) electrons. The number of carbonyl (C=O) groups is 1. The summed E-state index contributed by atoms with van der Waals surface area (Å²) < 4.78 is 0. The summed E-state index contributed by atoms with van der Waals surface area (Å²) in [5, 5.41) is 8.54. The third-order valence-electron chi connectivity index (χ3n) is 3.76. The van der Waals surface area contributed by atoms with Crippen LogP contribution in [0.25, 0.3) is 0 Å². The highest BCUT2D eigenvalue weighted by Crippen LogP contribution is 2.05. The molecule has 0 aromatic carbocycles. The van der Waals surface area contributed by atoms with Gasteiger partial charge in [0.15, 0.2) is 0 Å². The Hall–Kier alpha value is -2.09. The van der Waals surface area contributed by atoms with Crippen LogP contribution in [0.4, 0.5) is 0 Å². The van der Waals surface area contributed by atoms with Crippen molar-refractivity contribution in [3.8, 4) is 0 Å². The Morgan fingerprint density at radius 1 is 0.615 bits per heavy atom. The number of unbranched alkanes of at least 4 members (excludes halogenated alkanes) is 7. The van der Waals surface area contributed by atoms with Crippen molar-refractivity contribution in [2.45, 2.75) is 71.1 Å². The lowest BCUT2D eigenvalue weighted by Crippen LogP contribution is -1.93. The number of hydrogen-bond donors (Lipinski definition) is 1. The Bertz CT molecular complexity index is 490. The predicted octanol–water partition coefficient (Wildman–Crippen LogP) is 7.33. The van der Waals surface area contributed by atoms with Crippen LogP contribution in [0.2, 0.25) is 0 Å². The van der Waals surface area contributed by atoms with Crippen molar-refractivity contribution in [2.75, 3.05) is 0 Å². The van der Waals surface area contributed by atoms with Crippen LogP contribution < -0.4 is 0 Å². The van der Waals surface area contributed by atoms with Gasteiger partial charge in [-0.1, -0.05) is 106 Å². The molecule has 26 heavy (non-hydrogen) atoms. The second-order valence-corrected chi connectivity index (χ2v) is 6.24. The van der Waals surface area contributed by atoms with Crippen molar-refractivity contribution in [1.29, 1.82) is 0 Å². The van der Waals surface area contributed by atoms with E-state index in [4.69, 9.17) is 5.11 Å². The minimum absolute atomic E-state index is 0.297. The van der Waals surface area contributed by atoms with Gasteiger partial charge in [-0.2, -0.15) is 0 Å². The summed E-state index contributed by atoms with van der Waals surface area (Å²) in [7, 11) is 0. The molecule has 0 heterocycles. The lowest BCUT2D eigenvalue weighted by Gasteiger charge is -1.96. The van der Waals surface area contributed by atoms with Gasteiger partial charge in [-0.05, 0) is 32.1 Å². The third-order valence-corrected chi connectivity index (χ3v) is 3.76. The van der Waals surface area contributed by atoms with Crippen molar-refractivity contribution < 1.29 is 9.90 Å². The monoisotopic (exact) mass is 356 g/mol. The second-order valence-electron chi connectivity index (χ2n) is 6.24. The molecule has 0 atom stereocenters. The standard InChI is InChI=1S/C24H36O2/c1-2-3-4-5-6-7-8-9-10-11-12-13-14-15-16-17-18-19-20-21-22-23-24(25)26/h6-17H,2-5,18-23H2,1H3,(H,25,26)/b7-6+,9-8+,11-10+,13-12+,15-14+,17-16-. The third kappa shape index (κ3) is 21.9. The number of hydrogen-bond acceptors (Lipinski definition) is 1. The quantitative estimate of drug-likeness (QED) is 0.232. The van der Waals surface area contributed by atoms with Gasteiger partial charge in [0.1, 0.15) is 0 Å². The van der Waals surface area contributed by atoms with E-state index in [0.717, 1.165) is 32.1 Å². The molecule has 144 valence electrons. The molecule has 0 aromatic heterocycles. The predicted molar refractivity (Wildman–Crippen MR) is 114 cm³/mol. The first kappa shape index (κ1) is 23.9. The highest BCUT2D eigenvalue weighted by molar-refractivity contribution is 5.66. The average molecular weight is 357 g/mol.